The van der Waals surface area contributed by atoms with Crippen LogP contribution in [0.5, 0.6) is 0 Å². The van der Waals surface area contributed by atoms with Gasteiger partial charge < -0.3 is 15.1 Å². The summed E-state index contributed by atoms with van der Waals surface area (Å²) in [4.78, 5) is 15.3. The molecular formula is C20H21FN8O. The van der Waals surface area contributed by atoms with Crippen molar-refractivity contribution in [1.82, 2.24) is 30.2 Å². The van der Waals surface area contributed by atoms with E-state index in [1.54, 1.807) is 18.7 Å². The third-order valence-electron chi connectivity index (χ3n) is 6.06. The van der Waals surface area contributed by atoms with Crippen molar-refractivity contribution in [3.05, 3.63) is 53.5 Å². The lowest BCUT2D eigenvalue weighted by atomic mass is 9.93. The third kappa shape index (κ3) is 2.94. The number of allylic oxidation sites excluding steroid dienone is 1. The molecule has 1 fully saturated rings. The second kappa shape index (κ2) is 6.35. The predicted octanol–water partition coefficient (Wildman–Crippen LogP) is 1.84. The van der Waals surface area contributed by atoms with Gasteiger partial charge in [0.15, 0.2) is 5.76 Å². The highest BCUT2D eigenvalue weighted by molar-refractivity contribution is 6.14. The van der Waals surface area contributed by atoms with Crippen LogP contribution >= 0.6 is 0 Å². The Morgan fingerprint density at radius 3 is 2.97 bits per heavy atom. The number of halogens is 1. The summed E-state index contributed by atoms with van der Waals surface area (Å²) >= 11 is 0. The largest absolute Gasteiger partial charge is 0.485 e. The van der Waals surface area contributed by atoms with E-state index in [-0.39, 0.29) is 23.9 Å². The Bertz CT molecular complexity index is 1120. The predicted molar refractivity (Wildman–Crippen MR) is 106 cm³/mol. The number of hydrogen-bond donors (Lipinski definition) is 1. The second-order valence-electron chi connectivity index (χ2n) is 8.35. The van der Waals surface area contributed by atoms with Crippen LogP contribution in [0.2, 0.25) is 0 Å². The molecule has 10 heteroatoms. The van der Waals surface area contributed by atoms with Gasteiger partial charge >= 0.3 is 0 Å². The van der Waals surface area contributed by atoms with E-state index >= 15 is 0 Å². The van der Waals surface area contributed by atoms with E-state index in [2.05, 4.69) is 35.5 Å². The van der Waals surface area contributed by atoms with Crippen molar-refractivity contribution in [3.63, 3.8) is 0 Å². The van der Waals surface area contributed by atoms with Crippen molar-refractivity contribution in [3.8, 4) is 0 Å². The van der Waals surface area contributed by atoms with Gasteiger partial charge in [-0.05, 0) is 25.8 Å². The molecule has 6 rings (SSSR count). The van der Waals surface area contributed by atoms with Crippen LogP contribution in [0.25, 0.3) is 0 Å². The highest BCUT2D eigenvalue weighted by atomic mass is 19.1. The van der Waals surface area contributed by atoms with E-state index in [0.29, 0.717) is 23.7 Å². The Morgan fingerprint density at radius 2 is 2.10 bits per heavy atom. The molecule has 9 nitrogen and oxygen atoms in total. The van der Waals surface area contributed by atoms with Gasteiger partial charge in [0.05, 0.1) is 24.8 Å². The van der Waals surface area contributed by atoms with Crippen molar-refractivity contribution < 1.29 is 9.13 Å². The molecule has 1 unspecified atom stereocenters. The number of aromatic nitrogens is 5. The SMILES string of the molecule is CC1(OC2=C(F)CC3NN=C(c4cc(N5CCn6ncnc6C5)ncn4)C3=C2)CC1. The molecule has 1 N–H and O–H groups in total. The van der Waals surface area contributed by atoms with E-state index < -0.39 is 0 Å². The van der Waals surface area contributed by atoms with E-state index in [1.807, 2.05) is 17.7 Å². The summed E-state index contributed by atoms with van der Waals surface area (Å²) in [6.07, 6.45) is 7.03. The van der Waals surface area contributed by atoms with Crippen LogP contribution in [-0.4, -0.2) is 48.6 Å². The van der Waals surface area contributed by atoms with Gasteiger partial charge in [-0.1, -0.05) is 0 Å². The molecule has 0 bridgehead atoms. The number of ether oxygens (including phenoxy) is 1. The number of fused-ring (bicyclic) bond motifs is 2. The molecular weight excluding hydrogens is 387 g/mol. The van der Waals surface area contributed by atoms with Crippen molar-refractivity contribution in [1.29, 1.82) is 0 Å². The summed E-state index contributed by atoms with van der Waals surface area (Å²) in [7, 11) is 0. The minimum absolute atomic E-state index is 0.202. The monoisotopic (exact) mass is 408 g/mol. The number of nitrogens with one attached hydrogen (secondary N) is 1. The topological polar surface area (TPSA) is 93.3 Å². The van der Waals surface area contributed by atoms with E-state index in [4.69, 9.17) is 4.74 Å². The first kappa shape index (κ1) is 17.5. The molecule has 2 aromatic heterocycles. The fourth-order valence-corrected chi connectivity index (χ4v) is 4.01. The maximum atomic E-state index is 14.5. The molecule has 4 heterocycles. The highest BCUT2D eigenvalue weighted by Crippen LogP contribution is 2.43. The summed E-state index contributed by atoms with van der Waals surface area (Å²) < 4.78 is 22.4. The third-order valence-corrected chi connectivity index (χ3v) is 6.06. The second-order valence-corrected chi connectivity index (χ2v) is 8.35. The summed E-state index contributed by atoms with van der Waals surface area (Å²) in [6, 6.07) is 1.72. The van der Waals surface area contributed by atoms with Crippen LogP contribution in [0.3, 0.4) is 0 Å². The zero-order valence-electron chi connectivity index (χ0n) is 16.5. The van der Waals surface area contributed by atoms with E-state index in [9.17, 15) is 4.39 Å². The summed E-state index contributed by atoms with van der Waals surface area (Å²) in [5.41, 5.74) is 5.11. The van der Waals surface area contributed by atoms with Gasteiger partial charge in [-0.2, -0.15) is 10.2 Å². The van der Waals surface area contributed by atoms with Crippen LogP contribution in [0.1, 0.15) is 37.7 Å². The first-order valence-electron chi connectivity index (χ1n) is 10.1. The summed E-state index contributed by atoms with van der Waals surface area (Å²) in [6.45, 7) is 4.19. The zero-order chi connectivity index (χ0) is 20.3. The Kier molecular flexibility index (Phi) is 3.71. The van der Waals surface area contributed by atoms with Crippen LogP contribution in [0.4, 0.5) is 10.2 Å². The first-order chi connectivity index (χ1) is 14.6. The number of rotatable bonds is 4. The highest BCUT2D eigenvalue weighted by Gasteiger charge is 2.42. The average Bonchev–Trinajstić information content (AvgIpc) is 3.15. The van der Waals surface area contributed by atoms with Gasteiger partial charge in [0.1, 0.15) is 41.4 Å². The van der Waals surface area contributed by atoms with Gasteiger partial charge in [0, 0.05) is 24.6 Å². The molecule has 0 spiro atoms. The van der Waals surface area contributed by atoms with E-state index in [1.165, 1.54) is 0 Å². The molecule has 1 atom stereocenters. The normalized spacial score (nSPS) is 23.9. The number of anilines is 1. The molecule has 0 radical (unpaired) electrons. The van der Waals surface area contributed by atoms with Crippen molar-refractivity contribution in [2.24, 2.45) is 5.10 Å². The molecule has 1 saturated carbocycles. The van der Waals surface area contributed by atoms with Crippen LogP contribution in [0.15, 0.2) is 47.1 Å². The minimum Gasteiger partial charge on any atom is -0.485 e. The zero-order valence-corrected chi connectivity index (χ0v) is 16.5. The molecule has 4 aliphatic rings. The molecule has 0 aromatic carbocycles. The van der Waals surface area contributed by atoms with E-state index in [0.717, 1.165) is 43.1 Å². The van der Waals surface area contributed by atoms with Crippen molar-refractivity contribution in [2.45, 2.75) is 50.9 Å². The standard InChI is InChI=1S/C20H21FN8O/c1-20(2-3-20)30-16-6-12-14(7-13(16)21)26-27-19(12)15-8-17(23-10-22-15)28-4-5-29-18(9-28)24-11-25-29/h6,8,10-11,14,26H,2-5,7,9H2,1H3. The molecule has 2 aromatic rings. The molecule has 2 aliphatic carbocycles. The maximum Gasteiger partial charge on any atom is 0.152 e. The van der Waals surface area contributed by atoms with Gasteiger partial charge in [-0.15, -0.1) is 0 Å². The van der Waals surface area contributed by atoms with Gasteiger partial charge in [0.2, 0.25) is 0 Å². The fourth-order valence-electron chi connectivity index (χ4n) is 4.01. The lowest BCUT2D eigenvalue weighted by Gasteiger charge is -2.27. The molecule has 0 saturated heterocycles. The van der Waals surface area contributed by atoms with Crippen LogP contribution in [-0.2, 0) is 17.8 Å². The average molecular weight is 408 g/mol. The lowest BCUT2D eigenvalue weighted by Crippen LogP contribution is -2.35. The first-order valence-corrected chi connectivity index (χ1v) is 10.1. The summed E-state index contributed by atoms with van der Waals surface area (Å²) in [5.74, 6) is 1.80. The molecule has 0 amide bonds. The number of hydrazone groups is 1. The molecule has 154 valence electrons. The quantitative estimate of drug-likeness (QED) is 0.825. The Labute approximate surface area is 172 Å². The van der Waals surface area contributed by atoms with Crippen molar-refractivity contribution in [2.75, 3.05) is 11.4 Å². The minimum atomic E-state index is -0.239. The van der Waals surface area contributed by atoms with Gasteiger partial charge in [-0.3, -0.25) is 0 Å². The van der Waals surface area contributed by atoms with Gasteiger partial charge in [-0.25, -0.2) is 24.0 Å². The smallest absolute Gasteiger partial charge is 0.152 e. The van der Waals surface area contributed by atoms with Gasteiger partial charge in [0.25, 0.3) is 0 Å². The lowest BCUT2D eigenvalue weighted by molar-refractivity contribution is 0.110. The van der Waals surface area contributed by atoms with Crippen LogP contribution < -0.4 is 10.3 Å². The van der Waals surface area contributed by atoms with Crippen LogP contribution in [0, 0.1) is 0 Å². The Hall–Kier alpha value is -3.30. The molecule has 2 aliphatic heterocycles. The summed E-state index contributed by atoms with van der Waals surface area (Å²) in [5, 5.41) is 8.68. The Balaban J connectivity index is 1.28. The number of hydrogen-bond acceptors (Lipinski definition) is 8. The molecule has 30 heavy (non-hydrogen) atoms. The maximum absolute atomic E-state index is 14.5. The fraction of sp³-hybridized carbons (Fsp3) is 0.450. The number of nitrogens with zero attached hydrogens (tertiary/aromatic N) is 7. The Morgan fingerprint density at radius 1 is 1.20 bits per heavy atom. The van der Waals surface area contributed by atoms with Crippen molar-refractivity contribution >= 4 is 11.5 Å².